The average Bonchev–Trinajstić information content (AvgIpc) is 2.77. The van der Waals surface area contributed by atoms with Gasteiger partial charge in [0.25, 0.3) is 0 Å². The van der Waals surface area contributed by atoms with E-state index in [4.69, 9.17) is 27.9 Å². The Morgan fingerprint density at radius 2 is 1.61 bits per heavy atom. The zero-order valence-electron chi connectivity index (χ0n) is 16.1. The lowest BCUT2D eigenvalue weighted by Gasteiger charge is -2.07. The maximum Gasteiger partial charge on any atom is 0.420 e. The van der Waals surface area contributed by atoms with Gasteiger partial charge in [0.2, 0.25) is 6.79 Å². The van der Waals surface area contributed by atoms with E-state index in [0.29, 0.717) is 21.4 Å². The average molecular weight is 467 g/mol. The molecule has 0 aliphatic carbocycles. The second kappa shape index (κ2) is 11.7. The fourth-order valence-electron chi connectivity index (χ4n) is 2.07. The minimum absolute atomic E-state index is 0.241. The van der Waals surface area contributed by atoms with E-state index in [1.807, 2.05) is 0 Å². The highest BCUT2D eigenvalue weighted by Crippen LogP contribution is 2.23. The molecule has 2 aromatic rings. The second-order valence-electron chi connectivity index (χ2n) is 5.74. The maximum atomic E-state index is 12.2. The molecule has 0 aromatic heterocycles. The van der Waals surface area contributed by atoms with E-state index >= 15 is 0 Å². The first-order valence-corrected chi connectivity index (χ1v) is 9.36. The number of rotatable bonds is 8. The van der Waals surface area contributed by atoms with Crippen molar-refractivity contribution in [3.8, 4) is 5.75 Å². The summed E-state index contributed by atoms with van der Waals surface area (Å²) in [5.41, 5.74) is 1.12. The lowest BCUT2D eigenvalue weighted by molar-refractivity contribution is -0.178. The summed E-state index contributed by atoms with van der Waals surface area (Å²) < 4.78 is 18.3. The SMILES string of the molecule is COC(=O)C(=O)OCOC(=O)COc1ccc(/C=C/C(=O)c2ccc(Cl)c(Cl)c2)cc1. The molecule has 0 spiro atoms. The predicted molar refractivity (Wildman–Crippen MR) is 111 cm³/mol. The third-order valence-corrected chi connectivity index (χ3v) is 4.37. The van der Waals surface area contributed by atoms with Crippen molar-refractivity contribution in [2.75, 3.05) is 20.5 Å². The Morgan fingerprint density at radius 1 is 0.903 bits per heavy atom. The van der Waals surface area contributed by atoms with Crippen LogP contribution in [0, 0.1) is 0 Å². The number of esters is 3. The zero-order valence-corrected chi connectivity index (χ0v) is 17.6. The van der Waals surface area contributed by atoms with Crippen molar-refractivity contribution in [3.63, 3.8) is 0 Å². The standard InChI is InChI=1S/C21H16Cl2O8/c1-28-20(26)21(27)31-12-30-19(25)11-29-15-6-2-13(3-7-15)4-9-18(24)14-5-8-16(22)17(23)10-14/h2-10H,11-12H2,1H3/b9-4+. The van der Waals surface area contributed by atoms with Crippen LogP contribution in [0.25, 0.3) is 6.08 Å². The van der Waals surface area contributed by atoms with E-state index in [9.17, 15) is 19.2 Å². The molecule has 0 aliphatic rings. The first-order chi connectivity index (χ1) is 14.8. The minimum Gasteiger partial charge on any atom is -0.482 e. The van der Waals surface area contributed by atoms with Crippen LogP contribution in [0.2, 0.25) is 10.0 Å². The Kier molecular flexibility index (Phi) is 9.05. The lowest BCUT2D eigenvalue weighted by atomic mass is 10.1. The van der Waals surface area contributed by atoms with Crippen LogP contribution in [-0.2, 0) is 28.6 Å². The Bertz CT molecular complexity index is 999. The molecule has 0 saturated heterocycles. The third kappa shape index (κ3) is 7.76. The maximum absolute atomic E-state index is 12.2. The number of ether oxygens (including phenoxy) is 4. The molecule has 0 atom stereocenters. The van der Waals surface area contributed by atoms with Gasteiger partial charge in [0.15, 0.2) is 12.4 Å². The second-order valence-corrected chi connectivity index (χ2v) is 6.56. The molecule has 2 rings (SSSR count). The van der Waals surface area contributed by atoms with Gasteiger partial charge < -0.3 is 18.9 Å². The van der Waals surface area contributed by atoms with Gasteiger partial charge >= 0.3 is 17.9 Å². The highest BCUT2D eigenvalue weighted by atomic mass is 35.5. The van der Waals surface area contributed by atoms with Crippen molar-refractivity contribution in [2.24, 2.45) is 0 Å². The molecule has 0 aliphatic heterocycles. The summed E-state index contributed by atoms with van der Waals surface area (Å²) in [4.78, 5) is 45.6. The number of carbonyl (C=O) groups is 4. The Morgan fingerprint density at radius 3 is 2.26 bits per heavy atom. The van der Waals surface area contributed by atoms with Crippen molar-refractivity contribution < 1.29 is 38.1 Å². The smallest absolute Gasteiger partial charge is 0.420 e. The van der Waals surface area contributed by atoms with Crippen molar-refractivity contribution in [3.05, 3.63) is 69.7 Å². The number of halogens is 2. The van der Waals surface area contributed by atoms with Gasteiger partial charge in [-0.15, -0.1) is 0 Å². The number of carbonyl (C=O) groups excluding carboxylic acids is 4. The number of ketones is 1. The summed E-state index contributed by atoms with van der Waals surface area (Å²) in [6.45, 7) is -1.19. The van der Waals surface area contributed by atoms with E-state index in [0.717, 1.165) is 12.7 Å². The van der Waals surface area contributed by atoms with Crippen molar-refractivity contribution in [1.82, 2.24) is 0 Å². The van der Waals surface area contributed by atoms with Crippen LogP contribution >= 0.6 is 23.2 Å². The Balaban J connectivity index is 1.79. The first kappa shape index (κ1) is 23.9. The van der Waals surface area contributed by atoms with Gasteiger partial charge in [0, 0.05) is 5.56 Å². The summed E-state index contributed by atoms with van der Waals surface area (Å²) in [5.74, 6) is -3.17. The molecule has 162 valence electrons. The topological polar surface area (TPSA) is 105 Å². The van der Waals surface area contributed by atoms with Gasteiger partial charge in [0.05, 0.1) is 17.2 Å². The van der Waals surface area contributed by atoms with Crippen LogP contribution in [0.3, 0.4) is 0 Å². The van der Waals surface area contributed by atoms with E-state index < -0.39 is 31.3 Å². The van der Waals surface area contributed by atoms with Crippen LogP contribution in [0.4, 0.5) is 0 Å². The first-order valence-electron chi connectivity index (χ1n) is 8.61. The van der Waals surface area contributed by atoms with Gasteiger partial charge in [0.1, 0.15) is 5.75 Å². The summed E-state index contributed by atoms with van der Waals surface area (Å²) >= 11 is 11.7. The summed E-state index contributed by atoms with van der Waals surface area (Å²) in [5, 5.41) is 0.659. The molecule has 0 radical (unpaired) electrons. The molecule has 0 fully saturated rings. The zero-order chi connectivity index (χ0) is 22.8. The van der Waals surface area contributed by atoms with Gasteiger partial charge in [-0.1, -0.05) is 41.4 Å². The number of benzene rings is 2. The fraction of sp³-hybridized carbons (Fsp3) is 0.143. The number of hydrogen-bond donors (Lipinski definition) is 0. The molecule has 10 heteroatoms. The van der Waals surface area contributed by atoms with E-state index in [1.54, 1.807) is 42.5 Å². The monoisotopic (exact) mass is 466 g/mol. The van der Waals surface area contributed by atoms with Crippen molar-refractivity contribution >= 4 is 53.0 Å². The summed E-state index contributed by atoms with van der Waals surface area (Å²) in [6.07, 6.45) is 3.00. The van der Waals surface area contributed by atoms with Gasteiger partial charge in [-0.3, -0.25) is 4.79 Å². The lowest BCUT2D eigenvalue weighted by Crippen LogP contribution is -2.23. The Hall–Kier alpha value is -3.36. The highest BCUT2D eigenvalue weighted by molar-refractivity contribution is 6.42. The van der Waals surface area contributed by atoms with Crippen LogP contribution in [0.15, 0.2) is 48.5 Å². The van der Waals surface area contributed by atoms with Crippen LogP contribution in [0.5, 0.6) is 5.75 Å². The van der Waals surface area contributed by atoms with E-state index in [-0.39, 0.29) is 5.78 Å². The fourth-order valence-corrected chi connectivity index (χ4v) is 2.37. The van der Waals surface area contributed by atoms with Crippen LogP contribution < -0.4 is 4.74 Å². The molecule has 0 saturated carbocycles. The predicted octanol–water partition coefficient (Wildman–Crippen LogP) is 3.49. The largest absolute Gasteiger partial charge is 0.482 e. The Labute approximate surface area is 187 Å². The molecule has 31 heavy (non-hydrogen) atoms. The number of hydrogen-bond acceptors (Lipinski definition) is 8. The molecule has 2 aromatic carbocycles. The van der Waals surface area contributed by atoms with E-state index in [1.165, 1.54) is 12.1 Å². The molecular weight excluding hydrogens is 451 g/mol. The molecule has 0 heterocycles. The van der Waals surface area contributed by atoms with Gasteiger partial charge in [-0.2, -0.15) is 0 Å². The van der Waals surface area contributed by atoms with Crippen LogP contribution in [-0.4, -0.2) is 44.2 Å². The normalized spacial score (nSPS) is 10.4. The molecule has 0 N–H and O–H groups in total. The number of allylic oxidation sites excluding steroid dienone is 1. The quantitative estimate of drug-likeness (QED) is 0.191. The minimum atomic E-state index is -1.28. The van der Waals surface area contributed by atoms with Crippen LogP contribution in [0.1, 0.15) is 15.9 Å². The molecular formula is C21H16Cl2O8. The molecule has 0 unspecified atom stereocenters. The number of methoxy groups -OCH3 is 1. The van der Waals surface area contributed by atoms with Crippen molar-refractivity contribution in [2.45, 2.75) is 0 Å². The van der Waals surface area contributed by atoms with Gasteiger partial charge in [-0.05, 0) is 42.0 Å². The molecule has 8 nitrogen and oxygen atoms in total. The third-order valence-electron chi connectivity index (χ3n) is 3.63. The molecule has 0 bridgehead atoms. The van der Waals surface area contributed by atoms with Crippen molar-refractivity contribution in [1.29, 1.82) is 0 Å². The highest BCUT2D eigenvalue weighted by Gasteiger charge is 2.16. The molecule has 0 amide bonds. The van der Waals surface area contributed by atoms with Gasteiger partial charge in [-0.25, -0.2) is 14.4 Å². The summed E-state index contributed by atoms with van der Waals surface area (Å²) in [6, 6.07) is 11.2. The summed E-state index contributed by atoms with van der Waals surface area (Å²) in [7, 11) is 1.01. The van der Waals surface area contributed by atoms with E-state index in [2.05, 4.69) is 14.2 Å².